The molecule has 0 fully saturated rings. The van der Waals surface area contributed by atoms with Gasteiger partial charge in [0.05, 0.1) is 10.5 Å². The first-order chi connectivity index (χ1) is 10.7. The Balaban J connectivity index is 2.03. The minimum absolute atomic E-state index is 0.115. The zero-order chi connectivity index (χ0) is 15.1. The normalized spacial score (nSPS) is 11.3. The standard InChI is InChI=1S/C19H14ClNO/c20-15-11-13(10-12-6-2-1-3-7-12)17-14-8-4-5-9-16(14)21-18(17)19(15)22/h1-9,11,21-22H,10H2. The third-order valence-corrected chi connectivity index (χ3v) is 4.32. The van der Waals surface area contributed by atoms with Gasteiger partial charge < -0.3 is 10.1 Å². The van der Waals surface area contributed by atoms with Crippen LogP contribution in [-0.2, 0) is 6.42 Å². The molecular weight excluding hydrogens is 294 g/mol. The topological polar surface area (TPSA) is 36.0 Å². The third-order valence-electron chi connectivity index (χ3n) is 4.03. The molecule has 108 valence electrons. The SMILES string of the molecule is Oc1c(Cl)cc(Cc2ccccc2)c2c1[nH]c1ccccc12. The van der Waals surface area contributed by atoms with Crippen LogP contribution in [0.1, 0.15) is 11.1 Å². The highest BCUT2D eigenvalue weighted by Gasteiger charge is 2.15. The van der Waals surface area contributed by atoms with E-state index in [4.69, 9.17) is 11.6 Å². The molecule has 0 aliphatic carbocycles. The molecule has 0 amide bonds. The molecule has 3 heteroatoms. The van der Waals surface area contributed by atoms with E-state index in [1.807, 2.05) is 42.5 Å². The number of aromatic hydroxyl groups is 1. The van der Waals surface area contributed by atoms with E-state index in [-0.39, 0.29) is 5.75 Å². The van der Waals surface area contributed by atoms with Gasteiger partial charge in [-0.05, 0) is 29.7 Å². The zero-order valence-corrected chi connectivity index (χ0v) is 12.6. The molecule has 2 N–H and O–H groups in total. The van der Waals surface area contributed by atoms with E-state index >= 15 is 0 Å². The van der Waals surface area contributed by atoms with Crippen LogP contribution in [0, 0.1) is 0 Å². The molecule has 0 atom stereocenters. The second kappa shape index (κ2) is 5.08. The molecule has 22 heavy (non-hydrogen) atoms. The van der Waals surface area contributed by atoms with Crippen molar-refractivity contribution in [3.63, 3.8) is 0 Å². The number of para-hydroxylation sites is 1. The van der Waals surface area contributed by atoms with Gasteiger partial charge in [0.25, 0.3) is 0 Å². The highest BCUT2D eigenvalue weighted by atomic mass is 35.5. The Morgan fingerprint density at radius 1 is 0.955 bits per heavy atom. The van der Waals surface area contributed by atoms with Crippen LogP contribution in [0.5, 0.6) is 5.75 Å². The fourth-order valence-corrected chi connectivity index (χ4v) is 3.25. The van der Waals surface area contributed by atoms with Gasteiger partial charge in [0.1, 0.15) is 0 Å². The molecule has 2 nitrogen and oxygen atoms in total. The predicted octanol–water partition coefficient (Wildman–Crippen LogP) is 5.27. The molecule has 0 aliphatic rings. The van der Waals surface area contributed by atoms with Gasteiger partial charge in [-0.15, -0.1) is 0 Å². The lowest BCUT2D eigenvalue weighted by atomic mass is 9.99. The van der Waals surface area contributed by atoms with Crippen molar-refractivity contribution < 1.29 is 5.11 Å². The first-order valence-corrected chi connectivity index (χ1v) is 7.56. The Labute approximate surface area is 133 Å². The summed E-state index contributed by atoms with van der Waals surface area (Å²) in [6.07, 6.45) is 0.777. The number of benzene rings is 3. The van der Waals surface area contributed by atoms with Crippen LogP contribution in [0.4, 0.5) is 0 Å². The number of fused-ring (bicyclic) bond motifs is 3. The minimum atomic E-state index is 0.115. The number of nitrogens with one attached hydrogen (secondary N) is 1. The number of phenols is 1. The van der Waals surface area contributed by atoms with Crippen LogP contribution < -0.4 is 0 Å². The predicted molar refractivity (Wildman–Crippen MR) is 91.7 cm³/mol. The number of rotatable bonds is 2. The van der Waals surface area contributed by atoms with Crippen LogP contribution in [0.2, 0.25) is 5.02 Å². The van der Waals surface area contributed by atoms with Crippen LogP contribution in [0.3, 0.4) is 0 Å². The molecule has 1 aromatic heterocycles. The largest absolute Gasteiger partial charge is 0.504 e. The van der Waals surface area contributed by atoms with Crippen molar-refractivity contribution in [1.82, 2.24) is 4.98 Å². The summed E-state index contributed by atoms with van der Waals surface area (Å²) in [5.74, 6) is 0.115. The summed E-state index contributed by atoms with van der Waals surface area (Å²) in [6, 6.07) is 20.2. The van der Waals surface area contributed by atoms with Gasteiger partial charge in [-0.1, -0.05) is 60.1 Å². The van der Waals surface area contributed by atoms with Gasteiger partial charge in [-0.2, -0.15) is 0 Å². The summed E-state index contributed by atoms with van der Waals surface area (Å²) < 4.78 is 0. The molecule has 3 aromatic carbocycles. The summed E-state index contributed by atoms with van der Waals surface area (Å²) >= 11 is 6.22. The van der Waals surface area contributed by atoms with Crippen LogP contribution >= 0.6 is 11.6 Å². The number of aromatic nitrogens is 1. The van der Waals surface area contributed by atoms with E-state index in [2.05, 4.69) is 23.2 Å². The molecule has 0 aliphatic heterocycles. The van der Waals surface area contributed by atoms with Gasteiger partial charge in [0, 0.05) is 16.3 Å². The number of phenolic OH excluding ortho intramolecular Hbond substituents is 1. The molecule has 0 spiro atoms. The van der Waals surface area contributed by atoms with Crippen molar-refractivity contribution in [3.8, 4) is 5.75 Å². The lowest BCUT2D eigenvalue weighted by molar-refractivity contribution is 0.481. The van der Waals surface area contributed by atoms with E-state index in [0.29, 0.717) is 10.5 Å². The van der Waals surface area contributed by atoms with Crippen LogP contribution in [0.15, 0.2) is 60.7 Å². The fraction of sp³-hybridized carbons (Fsp3) is 0.0526. The van der Waals surface area contributed by atoms with Crippen LogP contribution in [-0.4, -0.2) is 10.1 Å². The van der Waals surface area contributed by atoms with E-state index in [9.17, 15) is 5.11 Å². The average Bonchev–Trinajstić information content (AvgIpc) is 2.93. The second-order valence-electron chi connectivity index (χ2n) is 5.45. The van der Waals surface area contributed by atoms with Gasteiger partial charge >= 0.3 is 0 Å². The van der Waals surface area contributed by atoms with E-state index in [1.54, 1.807) is 0 Å². The van der Waals surface area contributed by atoms with Crippen molar-refractivity contribution in [1.29, 1.82) is 0 Å². The Morgan fingerprint density at radius 2 is 1.68 bits per heavy atom. The quantitative estimate of drug-likeness (QED) is 0.520. The van der Waals surface area contributed by atoms with Crippen molar-refractivity contribution in [2.45, 2.75) is 6.42 Å². The molecular formula is C19H14ClNO. The number of hydrogen-bond acceptors (Lipinski definition) is 1. The van der Waals surface area contributed by atoms with E-state index in [1.165, 1.54) is 5.56 Å². The fourth-order valence-electron chi connectivity index (χ4n) is 3.02. The van der Waals surface area contributed by atoms with Gasteiger partial charge in [-0.3, -0.25) is 0 Å². The summed E-state index contributed by atoms with van der Waals surface area (Å²) in [7, 11) is 0. The van der Waals surface area contributed by atoms with Crippen LogP contribution in [0.25, 0.3) is 21.8 Å². The van der Waals surface area contributed by atoms with Gasteiger partial charge in [-0.25, -0.2) is 0 Å². The molecule has 0 saturated carbocycles. The molecule has 4 rings (SSSR count). The highest BCUT2D eigenvalue weighted by molar-refractivity contribution is 6.34. The lowest BCUT2D eigenvalue weighted by Gasteiger charge is -2.08. The maximum Gasteiger partial charge on any atom is 0.158 e. The third kappa shape index (κ3) is 2.04. The Bertz CT molecular complexity index is 973. The summed E-state index contributed by atoms with van der Waals surface area (Å²) in [5.41, 5.74) is 4.04. The molecule has 0 bridgehead atoms. The van der Waals surface area contributed by atoms with Gasteiger partial charge in [0.2, 0.25) is 0 Å². The Morgan fingerprint density at radius 3 is 2.50 bits per heavy atom. The minimum Gasteiger partial charge on any atom is -0.504 e. The molecule has 0 radical (unpaired) electrons. The summed E-state index contributed by atoms with van der Waals surface area (Å²) in [6.45, 7) is 0. The summed E-state index contributed by atoms with van der Waals surface area (Å²) in [4.78, 5) is 3.28. The lowest BCUT2D eigenvalue weighted by Crippen LogP contribution is -1.90. The first-order valence-electron chi connectivity index (χ1n) is 7.19. The van der Waals surface area contributed by atoms with E-state index in [0.717, 1.165) is 28.3 Å². The maximum atomic E-state index is 10.3. The number of halogens is 1. The maximum absolute atomic E-state index is 10.3. The van der Waals surface area contributed by atoms with E-state index < -0.39 is 0 Å². The van der Waals surface area contributed by atoms with Gasteiger partial charge in [0.15, 0.2) is 5.75 Å². The van der Waals surface area contributed by atoms with Crippen molar-refractivity contribution in [3.05, 3.63) is 76.8 Å². The second-order valence-corrected chi connectivity index (χ2v) is 5.86. The van der Waals surface area contributed by atoms with Crippen molar-refractivity contribution in [2.24, 2.45) is 0 Å². The Kier molecular flexibility index (Phi) is 3.05. The average molecular weight is 308 g/mol. The molecule has 0 saturated heterocycles. The number of hydrogen-bond donors (Lipinski definition) is 2. The monoisotopic (exact) mass is 307 g/mol. The Hall–Kier alpha value is -2.45. The number of H-pyrrole nitrogens is 1. The first kappa shape index (κ1) is 13.2. The summed E-state index contributed by atoms with van der Waals surface area (Å²) in [5, 5.41) is 12.8. The highest BCUT2D eigenvalue weighted by Crippen LogP contribution is 2.39. The number of aromatic amines is 1. The molecule has 1 heterocycles. The van der Waals surface area contributed by atoms with Crippen molar-refractivity contribution >= 4 is 33.4 Å². The molecule has 4 aromatic rings. The van der Waals surface area contributed by atoms with Crippen molar-refractivity contribution in [2.75, 3.05) is 0 Å². The molecule has 0 unspecified atom stereocenters. The smallest absolute Gasteiger partial charge is 0.158 e. The zero-order valence-electron chi connectivity index (χ0n) is 11.8.